The second-order valence-electron chi connectivity index (χ2n) is 5.29. The average Bonchev–Trinajstić information content (AvgIpc) is 2.46. The average molecular weight is 320 g/mol. The first-order valence-electron chi connectivity index (χ1n) is 7.02. The van der Waals surface area contributed by atoms with Crippen molar-refractivity contribution in [2.24, 2.45) is 0 Å². The van der Waals surface area contributed by atoms with Gasteiger partial charge in [-0.3, -0.25) is 4.98 Å². The number of hydrogen-bond donors (Lipinski definition) is 2. The first-order chi connectivity index (χ1) is 10.9. The molecule has 2 aromatic rings. The molecule has 23 heavy (non-hydrogen) atoms. The Morgan fingerprint density at radius 2 is 1.91 bits per heavy atom. The molecule has 1 aromatic heterocycles. The first kappa shape index (κ1) is 16.7. The van der Waals surface area contributed by atoms with Crippen LogP contribution in [0, 0.1) is 11.6 Å². The summed E-state index contributed by atoms with van der Waals surface area (Å²) in [5, 5.41) is 5.10. The van der Waals surface area contributed by atoms with Gasteiger partial charge in [-0.2, -0.15) is 0 Å². The number of amides is 2. The molecule has 2 rings (SSSR count). The summed E-state index contributed by atoms with van der Waals surface area (Å²) in [5.74, 6) is -1.49. The fraction of sp³-hybridized carbons (Fsp3) is 0.250. The van der Waals surface area contributed by atoms with Crippen LogP contribution in [0.15, 0.2) is 36.7 Å². The molecule has 122 valence electrons. The van der Waals surface area contributed by atoms with Crippen molar-refractivity contribution in [1.82, 2.24) is 10.3 Å². The molecule has 0 saturated heterocycles. The molecule has 0 spiro atoms. The van der Waals surface area contributed by atoms with Gasteiger partial charge in [-0.15, -0.1) is 0 Å². The van der Waals surface area contributed by atoms with E-state index in [0.717, 1.165) is 17.7 Å². The van der Waals surface area contributed by atoms with Crippen molar-refractivity contribution < 1.29 is 13.6 Å². The van der Waals surface area contributed by atoms with Crippen molar-refractivity contribution in [3.63, 3.8) is 0 Å². The molecular formula is C16H18F2N4O. The van der Waals surface area contributed by atoms with Crippen molar-refractivity contribution in [1.29, 1.82) is 0 Å². The number of hydrogen-bond acceptors (Lipinski definition) is 3. The largest absolute Gasteiger partial charge is 0.373 e. The van der Waals surface area contributed by atoms with Crippen LogP contribution in [0.25, 0.3) is 0 Å². The highest BCUT2D eigenvalue weighted by Crippen LogP contribution is 2.25. The van der Waals surface area contributed by atoms with Gasteiger partial charge in [0, 0.05) is 32.2 Å². The molecule has 0 fully saturated rings. The summed E-state index contributed by atoms with van der Waals surface area (Å²) in [4.78, 5) is 17.2. The minimum Gasteiger partial charge on any atom is -0.373 e. The molecule has 7 heteroatoms. The number of nitrogens with one attached hydrogen (secondary N) is 2. The quantitative estimate of drug-likeness (QED) is 0.909. The number of nitrogens with zero attached hydrogens (tertiary/aromatic N) is 2. The Bertz CT molecular complexity index is 669. The summed E-state index contributed by atoms with van der Waals surface area (Å²) in [6.07, 6.45) is 3.27. The van der Waals surface area contributed by atoms with E-state index in [1.165, 1.54) is 19.0 Å². The molecular weight excluding hydrogens is 302 g/mol. The number of anilines is 2. The third kappa shape index (κ3) is 4.15. The molecule has 1 heterocycles. The van der Waals surface area contributed by atoms with Crippen LogP contribution < -0.4 is 15.5 Å². The molecule has 1 atom stereocenters. The second kappa shape index (κ2) is 7.04. The second-order valence-corrected chi connectivity index (χ2v) is 5.29. The Labute approximate surface area is 133 Å². The molecule has 2 N–H and O–H groups in total. The smallest absolute Gasteiger partial charge is 0.319 e. The highest BCUT2D eigenvalue weighted by Gasteiger charge is 2.15. The standard InChI is InChI=1S/C16H18F2N4O/c1-10(11-5-4-6-19-9-11)20-16(23)21-12-7-13(17)15(22(2)3)14(18)8-12/h4-10H,1-3H3,(H2,20,21,23). The summed E-state index contributed by atoms with van der Waals surface area (Å²) >= 11 is 0. The lowest BCUT2D eigenvalue weighted by molar-refractivity contribution is 0.249. The highest BCUT2D eigenvalue weighted by molar-refractivity contribution is 5.89. The molecule has 1 aromatic carbocycles. The normalized spacial score (nSPS) is 11.7. The maximum atomic E-state index is 13.9. The number of carbonyl (C=O) groups is 1. The number of rotatable bonds is 4. The van der Waals surface area contributed by atoms with Gasteiger partial charge in [-0.1, -0.05) is 6.07 Å². The summed E-state index contributed by atoms with van der Waals surface area (Å²) in [5.41, 5.74) is 0.712. The van der Waals surface area contributed by atoms with E-state index in [4.69, 9.17) is 0 Å². The van der Waals surface area contributed by atoms with Crippen LogP contribution in [0.1, 0.15) is 18.5 Å². The van der Waals surface area contributed by atoms with Crippen LogP contribution in [0.2, 0.25) is 0 Å². The number of aromatic nitrogens is 1. The van der Waals surface area contributed by atoms with Gasteiger partial charge in [0.05, 0.1) is 6.04 Å². The lowest BCUT2D eigenvalue weighted by atomic mass is 10.1. The minimum atomic E-state index is -0.745. The maximum absolute atomic E-state index is 13.9. The number of pyridine rings is 1. The Kier molecular flexibility index (Phi) is 5.10. The van der Waals surface area contributed by atoms with Gasteiger partial charge in [-0.05, 0) is 30.7 Å². The minimum absolute atomic E-state index is 0.0430. The predicted molar refractivity (Wildman–Crippen MR) is 85.5 cm³/mol. The zero-order chi connectivity index (χ0) is 17.0. The molecule has 0 aliphatic rings. The molecule has 0 radical (unpaired) electrons. The van der Waals surface area contributed by atoms with Gasteiger partial charge in [0.2, 0.25) is 0 Å². The molecule has 0 saturated carbocycles. The van der Waals surface area contributed by atoms with Crippen molar-refractivity contribution >= 4 is 17.4 Å². The molecule has 0 bridgehead atoms. The van der Waals surface area contributed by atoms with Gasteiger partial charge in [0.25, 0.3) is 0 Å². The van der Waals surface area contributed by atoms with Crippen molar-refractivity contribution in [2.45, 2.75) is 13.0 Å². The Morgan fingerprint density at radius 3 is 2.43 bits per heavy atom. The van der Waals surface area contributed by atoms with Crippen molar-refractivity contribution in [3.8, 4) is 0 Å². The van der Waals surface area contributed by atoms with Gasteiger partial charge in [0.1, 0.15) is 5.69 Å². The molecule has 0 aliphatic carbocycles. The van der Waals surface area contributed by atoms with Crippen LogP contribution in [0.3, 0.4) is 0 Å². The lowest BCUT2D eigenvalue weighted by Gasteiger charge is -2.17. The first-order valence-corrected chi connectivity index (χ1v) is 7.02. The van der Waals surface area contributed by atoms with E-state index < -0.39 is 17.7 Å². The van der Waals surface area contributed by atoms with Gasteiger partial charge >= 0.3 is 6.03 Å². The number of carbonyl (C=O) groups excluding carboxylic acids is 1. The predicted octanol–water partition coefficient (Wildman–Crippen LogP) is 3.31. The zero-order valence-electron chi connectivity index (χ0n) is 13.1. The molecule has 2 amide bonds. The molecule has 1 unspecified atom stereocenters. The van der Waals surface area contributed by atoms with E-state index in [1.807, 2.05) is 6.07 Å². The topological polar surface area (TPSA) is 57.3 Å². The van der Waals surface area contributed by atoms with Crippen LogP contribution >= 0.6 is 0 Å². The van der Waals surface area contributed by atoms with E-state index in [9.17, 15) is 13.6 Å². The zero-order valence-corrected chi connectivity index (χ0v) is 13.1. The SMILES string of the molecule is CC(NC(=O)Nc1cc(F)c(N(C)C)c(F)c1)c1cccnc1. The van der Waals surface area contributed by atoms with Crippen LogP contribution in [0.5, 0.6) is 0 Å². The Morgan fingerprint density at radius 1 is 1.26 bits per heavy atom. The number of halogens is 2. The summed E-state index contributed by atoms with van der Waals surface area (Å²) in [7, 11) is 3.08. The monoisotopic (exact) mass is 320 g/mol. The van der Waals surface area contributed by atoms with Gasteiger partial charge in [-0.25, -0.2) is 13.6 Å². The van der Waals surface area contributed by atoms with Crippen molar-refractivity contribution in [2.75, 3.05) is 24.3 Å². The maximum Gasteiger partial charge on any atom is 0.319 e. The van der Waals surface area contributed by atoms with Gasteiger partial charge < -0.3 is 15.5 Å². The Balaban J connectivity index is 2.06. The van der Waals surface area contributed by atoms with Gasteiger partial charge in [0.15, 0.2) is 11.6 Å². The lowest BCUT2D eigenvalue weighted by Crippen LogP contribution is -2.31. The van der Waals surface area contributed by atoms with Crippen LogP contribution in [0.4, 0.5) is 25.0 Å². The summed E-state index contributed by atoms with van der Waals surface area (Å²) < 4.78 is 27.8. The third-order valence-corrected chi connectivity index (χ3v) is 3.25. The number of benzene rings is 1. The van der Waals surface area contributed by atoms with E-state index in [2.05, 4.69) is 15.6 Å². The highest BCUT2D eigenvalue weighted by atomic mass is 19.1. The van der Waals surface area contributed by atoms with Crippen LogP contribution in [-0.4, -0.2) is 25.1 Å². The van der Waals surface area contributed by atoms with E-state index >= 15 is 0 Å². The third-order valence-electron chi connectivity index (χ3n) is 3.25. The summed E-state index contributed by atoms with van der Waals surface area (Å²) in [6, 6.07) is 4.89. The summed E-state index contributed by atoms with van der Waals surface area (Å²) in [6.45, 7) is 1.78. The molecule has 0 aliphatic heterocycles. The number of urea groups is 1. The van der Waals surface area contributed by atoms with E-state index in [-0.39, 0.29) is 17.4 Å². The van der Waals surface area contributed by atoms with Crippen LogP contribution in [-0.2, 0) is 0 Å². The molecule has 5 nitrogen and oxygen atoms in total. The van der Waals surface area contributed by atoms with E-state index in [1.54, 1.807) is 25.4 Å². The Hall–Kier alpha value is -2.70. The fourth-order valence-corrected chi connectivity index (χ4v) is 2.14. The fourth-order valence-electron chi connectivity index (χ4n) is 2.14. The van der Waals surface area contributed by atoms with Crippen molar-refractivity contribution in [3.05, 3.63) is 53.9 Å². The van der Waals surface area contributed by atoms with E-state index in [0.29, 0.717) is 0 Å².